The number of phenolic OH excluding ortho intramolecular Hbond substituents is 2. The lowest BCUT2D eigenvalue weighted by molar-refractivity contribution is -0.117. The molecule has 3 heterocycles. The van der Waals surface area contributed by atoms with Gasteiger partial charge in [-0.05, 0) is 42.7 Å². The predicted octanol–water partition coefficient (Wildman–Crippen LogP) is 2.17. The van der Waals surface area contributed by atoms with Crippen LogP contribution in [0.2, 0.25) is 0 Å². The van der Waals surface area contributed by atoms with Crippen molar-refractivity contribution in [2.24, 2.45) is 0 Å². The number of hydrogen-bond donors (Lipinski definition) is 4. The molecule has 144 valence electrons. The maximum atomic E-state index is 12.3. The van der Waals surface area contributed by atoms with Crippen LogP contribution in [-0.2, 0) is 4.79 Å². The Morgan fingerprint density at radius 3 is 3.00 bits per heavy atom. The molecule has 1 saturated heterocycles. The summed E-state index contributed by atoms with van der Waals surface area (Å²) in [4.78, 5) is 26.2. The molecule has 1 aliphatic rings. The van der Waals surface area contributed by atoms with Crippen LogP contribution in [0.1, 0.15) is 18.4 Å². The van der Waals surface area contributed by atoms with Crippen LogP contribution in [0.5, 0.6) is 11.5 Å². The number of phenols is 2. The number of aromatic nitrogens is 3. The minimum atomic E-state index is -0.216. The Labute approximate surface area is 161 Å². The van der Waals surface area contributed by atoms with Crippen LogP contribution in [0.15, 0.2) is 42.9 Å². The molecule has 1 atom stereocenters. The smallest absolute Gasteiger partial charge is 0.244 e. The van der Waals surface area contributed by atoms with Gasteiger partial charge in [0.1, 0.15) is 17.8 Å². The van der Waals surface area contributed by atoms with E-state index in [1.54, 1.807) is 18.5 Å². The van der Waals surface area contributed by atoms with Crippen molar-refractivity contribution in [2.75, 3.05) is 18.0 Å². The van der Waals surface area contributed by atoms with Crippen LogP contribution in [-0.4, -0.2) is 50.2 Å². The third-order valence-corrected chi connectivity index (χ3v) is 4.83. The number of H-pyrrole nitrogens is 1. The highest BCUT2D eigenvalue weighted by Gasteiger charge is 2.23. The minimum absolute atomic E-state index is 0.0167. The Balaban J connectivity index is 1.41. The zero-order chi connectivity index (χ0) is 19.5. The summed E-state index contributed by atoms with van der Waals surface area (Å²) in [5.74, 6) is 0.269. The highest BCUT2D eigenvalue weighted by molar-refractivity contribution is 5.92. The van der Waals surface area contributed by atoms with Gasteiger partial charge in [-0.1, -0.05) is 6.07 Å². The molecule has 0 unspecified atom stereocenters. The van der Waals surface area contributed by atoms with Crippen LogP contribution in [0.25, 0.3) is 17.1 Å². The number of fused-ring (bicyclic) bond motifs is 1. The molecule has 8 heteroatoms. The van der Waals surface area contributed by atoms with Gasteiger partial charge in [-0.2, -0.15) is 0 Å². The zero-order valence-electron chi connectivity index (χ0n) is 15.2. The zero-order valence-corrected chi connectivity index (χ0v) is 15.2. The van der Waals surface area contributed by atoms with Crippen LogP contribution >= 0.6 is 0 Å². The Bertz CT molecular complexity index is 1030. The molecule has 0 aliphatic carbocycles. The molecule has 28 heavy (non-hydrogen) atoms. The van der Waals surface area contributed by atoms with Crippen LogP contribution in [0, 0.1) is 0 Å². The molecular formula is C20H21N5O3. The molecular weight excluding hydrogens is 358 g/mol. The van der Waals surface area contributed by atoms with Crippen LogP contribution < -0.4 is 10.2 Å². The third-order valence-electron chi connectivity index (χ3n) is 4.83. The monoisotopic (exact) mass is 379 g/mol. The molecule has 1 aliphatic heterocycles. The maximum Gasteiger partial charge on any atom is 0.244 e. The lowest BCUT2D eigenvalue weighted by Gasteiger charge is -2.34. The van der Waals surface area contributed by atoms with Gasteiger partial charge in [0, 0.05) is 31.4 Å². The second kappa shape index (κ2) is 7.59. The van der Waals surface area contributed by atoms with Crippen molar-refractivity contribution in [2.45, 2.75) is 18.9 Å². The van der Waals surface area contributed by atoms with Crippen LogP contribution in [0.4, 0.5) is 5.82 Å². The van der Waals surface area contributed by atoms with Crippen LogP contribution in [0.3, 0.4) is 0 Å². The van der Waals surface area contributed by atoms with Crippen molar-refractivity contribution < 1.29 is 15.0 Å². The molecule has 1 amide bonds. The summed E-state index contributed by atoms with van der Waals surface area (Å²) in [6, 6.07) is 6.39. The normalized spacial score (nSPS) is 17.3. The van der Waals surface area contributed by atoms with Gasteiger partial charge < -0.3 is 25.4 Å². The topological polar surface area (TPSA) is 114 Å². The summed E-state index contributed by atoms with van der Waals surface area (Å²) in [5.41, 5.74) is 1.43. The first-order valence-corrected chi connectivity index (χ1v) is 9.14. The fourth-order valence-corrected chi connectivity index (χ4v) is 3.46. The van der Waals surface area contributed by atoms with E-state index < -0.39 is 0 Å². The number of amides is 1. The molecule has 8 nitrogen and oxygen atoms in total. The minimum Gasteiger partial charge on any atom is -0.504 e. The van der Waals surface area contributed by atoms with E-state index in [1.807, 2.05) is 12.3 Å². The van der Waals surface area contributed by atoms with E-state index in [1.165, 1.54) is 18.2 Å². The highest BCUT2D eigenvalue weighted by Crippen LogP contribution is 2.26. The van der Waals surface area contributed by atoms with Crippen molar-refractivity contribution >= 4 is 28.8 Å². The quantitative estimate of drug-likeness (QED) is 0.408. The van der Waals surface area contributed by atoms with E-state index in [4.69, 9.17) is 0 Å². The first-order chi connectivity index (χ1) is 13.6. The number of hydrogen-bond acceptors (Lipinski definition) is 6. The Kier molecular flexibility index (Phi) is 4.84. The van der Waals surface area contributed by atoms with Crippen molar-refractivity contribution in [3.63, 3.8) is 0 Å². The Hall–Kier alpha value is -3.55. The number of piperidine rings is 1. The Morgan fingerprint density at radius 1 is 1.25 bits per heavy atom. The summed E-state index contributed by atoms with van der Waals surface area (Å²) < 4.78 is 0. The second-order valence-corrected chi connectivity index (χ2v) is 6.81. The number of benzene rings is 1. The lowest BCUT2D eigenvalue weighted by Crippen LogP contribution is -2.47. The first-order valence-electron chi connectivity index (χ1n) is 9.14. The largest absolute Gasteiger partial charge is 0.504 e. The summed E-state index contributed by atoms with van der Waals surface area (Å²) in [6.07, 6.45) is 8.28. The standard InChI is InChI=1S/C20H21N5O3/c26-16-5-3-13(10-17(16)27)4-6-18(28)24-14-2-1-9-25(11-14)20-15-7-8-21-19(15)22-12-23-20/h3-8,10,12,14,26-27H,1-2,9,11H2,(H,24,28)(H,21,22,23)/b6-4+/t14-/m1/s1. The van der Waals surface area contributed by atoms with Gasteiger partial charge in [0.25, 0.3) is 0 Å². The van der Waals surface area contributed by atoms with E-state index in [0.717, 1.165) is 36.2 Å². The average molecular weight is 379 g/mol. The van der Waals surface area contributed by atoms with E-state index in [-0.39, 0.29) is 23.4 Å². The lowest BCUT2D eigenvalue weighted by atomic mass is 10.1. The van der Waals surface area contributed by atoms with E-state index in [9.17, 15) is 15.0 Å². The number of carbonyl (C=O) groups excluding carboxylic acids is 1. The molecule has 2 aromatic heterocycles. The average Bonchev–Trinajstić information content (AvgIpc) is 3.18. The van der Waals surface area contributed by atoms with E-state index in [2.05, 4.69) is 25.2 Å². The number of nitrogens with zero attached hydrogens (tertiary/aromatic N) is 3. The van der Waals surface area contributed by atoms with Gasteiger partial charge >= 0.3 is 0 Å². The molecule has 0 radical (unpaired) electrons. The molecule has 0 bridgehead atoms. The number of aromatic amines is 1. The predicted molar refractivity (Wildman–Crippen MR) is 106 cm³/mol. The molecule has 0 spiro atoms. The highest BCUT2D eigenvalue weighted by atomic mass is 16.3. The summed E-state index contributed by atoms with van der Waals surface area (Å²) in [7, 11) is 0. The Morgan fingerprint density at radius 2 is 2.14 bits per heavy atom. The van der Waals surface area contributed by atoms with Gasteiger partial charge in [-0.3, -0.25) is 4.79 Å². The number of carbonyl (C=O) groups is 1. The van der Waals surface area contributed by atoms with Gasteiger partial charge in [-0.15, -0.1) is 0 Å². The molecule has 1 aromatic carbocycles. The fourth-order valence-electron chi connectivity index (χ4n) is 3.46. The number of aromatic hydroxyl groups is 2. The molecule has 1 fully saturated rings. The molecule has 0 saturated carbocycles. The third kappa shape index (κ3) is 3.75. The number of nitrogens with one attached hydrogen (secondary N) is 2. The van der Waals surface area contributed by atoms with Crippen molar-refractivity contribution in [1.82, 2.24) is 20.3 Å². The summed E-state index contributed by atoms with van der Waals surface area (Å²) >= 11 is 0. The molecule has 4 N–H and O–H groups in total. The van der Waals surface area contributed by atoms with E-state index in [0.29, 0.717) is 12.1 Å². The SMILES string of the molecule is O=C(/C=C/c1ccc(O)c(O)c1)N[C@@H]1CCCN(c2ncnc3[nH]ccc23)C1. The summed E-state index contributed by atoms with van der Waals surface area (Å²) in [5, 5.41) is 22.9. The van der Waals surface area contributed by atoms with E-state index >= 15 is 0 Å². The maximum absolute atomic E-state index is 12.3. The van der Waals surface area contributed by atoms with Gasteiger partial charge in [0.2, 0.25) is 5.91 Å². The number of rotatable bonds is 4. The van der Waals surface area contributed by atoms with Gasteiger partial charge in [0.15, 0.2) is 11.5 Å². The summed E-state index contributed by atoms with van der Waals surface area (Å²) in [6.45, 7) is 1.56. The van der Waals surface area contributed by atoms with Crippen molar-refractivity contribution in [3.05, 3.63) is 48.4 Å². The first kappa shape index (κ1) is 17.8. The van der Waals surface area contributed by atoms with Gasteiger partial charge in [0.05, 0.1) is 5.39 Å². The second-order valence-electron chi connectivity index (χ2n) is 6.81. The van der Waals surface area contributed by atoms with Gasteiger partial charge in [-0.25, -0.2) is 9.97 Å². The molecule has 4 rings (SSSR count). The fraction of sp³-hybridized carbons (Fsp3) is 0.250. The van der Waals surface area contributed by atoms with Crippen molar-refractivity contribution in [3.8, 4) is 11.5 Å². The number of anilines is 1. The van der Waals surface area contributed by atoms with Crippen molar-refractivity contribution in [1.29, 1.82) is 0 Å². The molecule has 3 aromatic rings.